The van der Waals surface area contributed by atoms with Gasteiger partial charge in [-0.3, -0.25) is 15.2 Å². The van der Waals surface area contributed by atoms with Crippen LogP contribution in [0.1, 0.15) is 22.7 Å². The Labute approximate surface area is 240 Å². The Bertz CT molecular complexity index is 1810. The Morgan fingerprint density at radius 2 is 1.62 bits per heavy atom. The third-order valence-corrected chi connectivity index (χ3v) is 7.46. The fourth-order valence-corrected chi connectivity index (χ4v) is 5.42. The Kier molecular flexibility index (Phi) is 7.07. The van der Waals surface area contributed by atoms with Crippen molar-refractivity contribution in [3.63, 3.8) is 0 Å². The molecule has 0 radical (unpaired) electrons. The van der Waals surface area contributed by atoms with Crippen LogP contribution in [0, 0.1) is 5.82 Å². The molecule has 0 bridgehead atoms. The number of aromatic nitrogens is 1. The molecule has 1 aliphatic rings. The molecule has 2 heterocycles. The van der Waals surface area contributed by atoms with Gasteiger partial charge in [0.05, 0.1) is 11.3 Å². The van der Waals surface area contributed by atoms with E-state index in [1.165, 1.54) is 6.07 Å². The molecule has 6 rings (SSSR count). The average molecular weight is 567 g/mol. The molecular weight excluding hydrogens is 543 g/mol. The first-order valence-corrected chi connectivity index (χ1v) is 13.5. The average Bonchev–Trinajstić information content (AvgIpc) is 3.41. The van der Waals surface area contributed by atoms with Crippen molar-refractivity contribution in [1.29, 1.82) is 0 Å². The quantitative estimate of drug-likeness (QED) is 0.201. The third kappa shape index (κ3) is 4.97. The van der Waals surface area contributed by atoms with E-state index in [1.54, 1.807) is 35.3 Å². The second kappa shape index (κ2) is 11.0. The minimum absolute atomic E-state index is 0.287. The maximum atomic E-state index is 15.1. The highest BCUT2D eigenvalue weighted by molar-refractivity contribution is 7.80. The summed E-state index contributed by atoms with van der Waals surface area (Å²) in [6.45, 7) is 0.488. The SMILES string of the molecule is O=c1[nH]c2ccc(Cl)cc2c(-c2ccccc2)c1C1=C[C@@H](c2ccccc2F)N(C(=S)NCc2ccccc2)N1. The number of benzene rings is 4. The lowest BCUT2D eigenvalue weighted by Crippen LogP contribution is -2.45. The highest BCUT2D eigenvalue weighted by atomic mass is 35.5. The lowest BCUT2D eigenvalue weighted by atomic mass is 9.94. The molecule has 4 aromatic carbocycles. The lowest BCUT2D eigenvalue weighted by molar-refractivity contribution is 0.329. The van der Waals surface area contributed by atoms with Gasteiger partial charge in [-0.15, -0.1) is 0 Å². The van der Waals surface area contributed by atoms with Crippen LogP contribution >= 0.6 is 23.8 Å². The highest BCUT2D eigenvalue weighted by Gasteiger charge is 2.33. The van der Waals surface area contributed by atoms with Gasteiger partial charge < -0.3 is 10.3 Å². The molecule has 0 amide bonds. The van der Waals surface area contributed by atoms with E-state index in [4.69, 9.17) is 23.8 Å². The molecule has 1 aliphatic heterocycles. The van der Waals surface area contributed by atoms with E-state index in [0.717, 1.165) is 22.1 Å². The largest absolute Gasteiger partial charge is 0.357 e. The molecule has 40 heavy (non-hydrogen) atoms. The molecule has 5 aromatic rings. The second-order valence-electron chi connectivity index (χ2n) is 9.43. The minimum Gasteiger partial charge on any atom is -0.357 e. The van der Waals surface area contributed by atoms with E-state index in [-0.39, 0.29) is 11.4 Å². The Balaban J connectivity index is 1.48. The standard InChI is InChI=1S/C32H24ClFN4OS/c33-22-15-16-26-24(17-22)29(21-11-5-2-6-12-21)30(31(39)36-26)27-18-28(23-13-7-8-14-25(23)34)38(37-27)32(40)35-19-20-9-3-1-4-10-20/h1-18,28,37H,19H2,(H,35,40)(H,36,39)/t28-/m0/s1. The molecule has 0 saturated heterocycles. The zero-order chi connectivity index (χ0) is 27.6. The van der Waals surface area contributed by atoms with Crippen LogP contribution in [-0.4, -0.2) is 15.1 Å². The number of halogens is 2. The number of pyridine rings is 1. The Morgan fingerprint density at radius 3 is 2.38 bits per heavy atom. The summed E-state index contributed by atoms with van der Waals surface area (Å²) in [4.78, 5) is 16.7. The molecule has 0 fully saturated rings. The summed E-state index contributed by atoms with van der Waals surface area (Å²) in [6, 6.07) is 30.9. The van der Waals surface area contributed by atoms with Gasteiger partial charge in [0.1, 0.15) is 11.9 Å². The predicted octanol–water partition coefficient (Wildman–Crippen LogP) is 6.96. The zero-order valence-corrected chi connectivity index (χ0v) is 22.8. The molecule has 0 spiro atoms. The van der Waals surface area contributed by atoms with Crippen molar-refractivity contribution >= 4 is 45.5 Å². The topological polar surface area (TPSA) is 60.2 Å². The molecular formula is C32H24ClFN4OS. The van der Waals surface area contributed by atoms with Crippen molar-refractivity contribution in [2.24, 2.45) is 0 Å². The van der Waals surface area contributed by atoms with Gasteiger partial charge in [0.15, 0.2) is 5.11 Å². The molecule has 198 valence electrons. The van der Waals surface area contributed by atoms with E-state index in [2.05, 4.69) is 15.7 Å². The van der Waals surface area contributed by atoms with Crippen molar-refractivity contribution < 1.29 is 4.39 Å². The molecule has 5 nitrogen and oxygen atoms in total. The summed E-state index contributed by atoms with van der Waals surface area (Å²) in [7, 11) is 0. The number of hydrogen-bond acceptors (Lipinski definition) is 3. The van der Waals surface area contributed by atoms with E-state index in [9.17, 15) is 4.79 Å². The maximum absolute atomic E-state index is 15.1. The van der Waals surface area contributed by atoms with Gasteiger partial charge in [-0.2, -0.15) is 0 Å². The van der Waals surface area contributed by atoms with Gasteiger partial charge >= 0.3 is 0 Å². The molecule has 0 aliphatic carbocycles. The molecule has 3 N–H and O–H groups in total. The summed E-state index contributed by atoms with van der Waals surface area (Å²) in [5.41, 5.74) is 7.67. The van der Waals surface area contributed by atoms with Crippen molar-refractivity contribution in [2.75, 3.05) is 0 Å². The number of nitrogens with zero attached hydrogens (tertiary/aromatic N) is 1. The van der Waals surface area contributed by atoms with Crippen LogP contribution in [0.15, 0.2) is 114 Å². The Morgan fingerprint density at radius 1 is 0.925 bits per heavy atom. The van der Waals surface area contributed by atoms with Crippen LogP contribution in [0.4, 0.5) is 4.39 Å². The van der Waals surface area contributed by atoms with Gasteiger partial charge in [0, 0.05) is 33.6 Å². The van der Waals surface area contributed by atoms with Crippen molar-refractivity contribution in [3.05, 3.63) is 147 Å². The number of hydrogen-bond donors (Lipinski definition) is 3. The number of hydrazine groups is 1. The van der Waals surface area contributed by atoms with Crippen LogP contribution in [0.25, 0.3) is 27.7 Å². The first-order chi connectivity index (χ1) is 19.5. The normalized spacial score (nSPS) is 14.6. The second-order valence-corrected chi connectivity index (χ2v) is 10.3. The van der Waals surface area contributed by atoms with E-state index < -0.39 is 6.04 Å². The summed E-state index contributed by atoms with van der Waals surface area (Å²) in [6.07, 6.45) is 1.84. The molecule has 1 aromatic heterocycles. The van der Waals surface area contributed by atoms with Crippen LogP contribution in [-0.2, 0) is 6.54 Å². The van der Waals surface area contributed by atoms with Crippen molar-refractivity contribution in [3.8, 4) is 11.1 Å². The number of H-pyrrole nitrogens is 1. The fourth-order valence-electron chi connectivity index (χ4n) is 5.01. The van der Waals surface area contributed by atoms with Crippen LogP contribution in [0.5, 0.6) is 0 Å². The first-order valence-electron chi connectivity index (χ1n) is 12.7. The predicted molar refractivity (Wildman–Crippen MR) is 163 cm³/mol. The summed E-state index contributed by atoms with van der Waals surface area (Å²) < 4.78 is 15.1. The number of fused-ring (bicyclic) bond motifs is 1. The van der Waals surface area contributed by atoms with Crippen LogP contribution in [0.3, 0.4) is 0 Å². The van der Waals surface area contributed by atoms with Crippen LogP contribution in [0.2, 0.25) is 5.02 Å². The molecule has 8 heteroatoms. The fraction of sp³-hybridized carbons (Fsp3) is 0.0625. The first kappa shape index (κ1) is 25.8. The number of rotatable bonds is 5. The monoisotopic (exact) mass is 566 g/mol. The van der Waals surface area contributed by atoms with Crippen LogP contribution < -0.4 is 16.3 Å². The summed E-state index contributed by atoms with van der Waals surface area (Å²) in [5, 5.41) is 6.66. The minimum atomic E-state index is -0.606. The van der Waals surface area contributed by atoms with E-state index >= 15 is 4.39 Å². The summed E-state index contributed by atoms with van der Waals surface area (Å²) in [5.74, 6) is -0.370. The van der Waals surface area contributed by atoms with E-state index in [0.29, 0.717) is 39.0 Å². The van der Waals surface area contributed by atoms with Crippen molar-refractivity contribution in [1.82, 2.24) is 20.7 Å². The third-order valence-electron chi connectivity index (χ3n) is 6.88. The lowest BCUT2D eigenvalue weighted by Gasteiger charge is -2.28. The zero-order valence-electron chi connectivity index (χ0n) is 21.2. The van der Waals surface area contributed by atoms with Gasteiger partial charge in [-0.25, -0.2) is 4.39 Å². The number of nitrogens with one attached hydrogen (secondary N) is 3. The molecule has 0 unspecified atom stereocenters. The smallest absolute Gasteiger partial charge is 0.258 e. The summed E-state index contributed by atoms with van der Waals surface area (Å²) >= 11 is 12.2. The van der Waals surface area contributed by atoms with Gasteiger partial charge in [0.2, 0.25) is 0 Å². The van der Waals surface area contributed by atoms with E-state index in [1.807, 2.05) is 72.8 Å². The number of thiocarbonyl (C=S) groups is 1. The highest BCUT2D eigenvalue weighted by Crippen LogP contribution is 2.38. The van der Waals surface area contributed by atoms with Gasteiger partial charge in [-0.1, -0.05) is 90.5 Å². The van der Waals surface area contributed by atoms with Gasteiger partial charge in [-0.05, 0) is 53.7 Å². The molecule has 1 atom stereocenters. The molecule has 0 saturated carbocycles. The number of aromatic amines is 1. The maximum Gasteiger partial charge on any atom is 0.258 e. The Hall–Kier alpha value is -4.46. The van der Waals surface area contributed by atoms with Gasteiger partial charge in [0.25, 0.3) is 5.56 Å². The van der Waals surface area contributed by atoms with Crippen molar-refractivity contribution in [2.45, 2.75) is 12.6 Å².